The predicted octanol–water partition coefficient (Wildman–Crippen LogP) is 1.22. The van der Waals surface area contributed by atoms with Crippen molar-refractivity contribution in [3.05, 3.63) is 33.9 Å². The van der Waals surface area contributed by atoms with Gasteiger partial charge < -0.3 is 10.5 Å². The Hall–Kier alpha value is -2.11. The number of nitrogens with one attached hydrogen (secondary N) is 1. The number of hydrogen-bond acceptors (Lipinski definition) is 4. The summed E-state index contributed by atoms with van der Waals surface area (Å²) in [4.78, 5) is 10.1. The number of ether oxygens (including phenoxy) is 1. The fourth-order valence-corrected chi connectivity index (χ4v) is 1.11. The number of hydrogen-bond donors (Lipinski definition) is 2. The standard InChI is InChI=1S/C9H11N3O3/c1-6-7(12(13)14)3-2-4-8(6)15-5-9(10)11/h2-4H,5H2,1H3,(H3,10,11). The molecule has 1 rings (SSSR count). The highest BCUT2D eigenvalue weighted by Gasteiger charge is 2.13. The Morgan fingerprint density at radius 2 is 2.33 bits per heavy atom. The summed E-state index contributed by atoms with van der Waals surface area (Å²) in [6.07, 6.45) is 0. The highest BCUT2D eigenvalue weighted by molar-refractivity contribution is 5.78. The molecule has 0 heterocycles. The number of nitrogens with zero attached hydrogens (tertiary/aromatic N) is 1. The van der Waals surface area contributed by atoms with Crippen molar-refractivity contribution in [3.63, 3.8) is 0 Å². The average Bonchev–Trinajstić information content (AvgIpc) is 2.15. The highest BCUT2D eigenvalue weighted by atomic mass is 16.6. The zero-order valence-corrected chi connectivity index (χ0v) is 8.19. The Kier molecular flexibility index (Phi) is 3.22. The summed E-state index contributed by atoms with van der Waals surface area (Å²) in [5.41, 5.74) is 5.54. The minimum Gasteiger partial charge on any atom is -0.485 e. The Morgan fingerprint density at radius 3 is 2.87 bits per heavy atom. The number of benzene rings is 1. The zero-order chi connectivity index (χ0) is 11.4. The quantitative estimate of drug-likeness (QED) is 0.336. The van der Waals surface area contributed by atoms with Gasteiger partial charge in [0.05, 0.1) is 10.5 Å². The van der Waals surface area contributed by atoms with Gasteiger partial charge in [-0.1, -0.05) is 6.07 Å². The Labute approximate surface area is 86.3 Å². The second-order valence-electron chi connectivity index (χ2n) is 2.97. The summed E-state index contributed by atoms with van der Waals surface area (Å²) in [5.74, 6) is 0.250. The molecule has 1 aromatic carbocycles. The summed E-state index contributed by atoms with van der Waals surface area (Å²) in [6.45, 7) is 1.52. The highest BCUT2D eigenvalue weighted by Crippen LogP contribution is 2.26. The van der Waals surface area contributed by atoms with Gasteiger partial charge in [0.15, 0.2) is 0 Å². The van der Waals surface area contributed by atoms with Crippen molar-refractivity contribution in [2.75, 3.05) is 6.61 Å². The molecule has 0 atom stereocenters. The normalized spacial score (nSPS) is 9.67. The van der Waals surface area contributed by atoms with Crippen molar-refractivity contribution in [2.45, 2.75) is 6.92 Å². The van der Waals surface area contributed by atoms with Crippen LogP contribution in [0.15, 0.2) is 18.2 Å². The van der Waals surface area contributed by atoms with Gasteiger partial charge in [0, 0.05) is 6.07 Å². The minimum atomic E-state index is -0.476. The molecule has 0 saturated heterocycles. The molecule has 3 N–H and O–H groups in total. The van der Waals surface area contributed by atoms with E-state index in [1.165, 1.54) is 12.1 Å². The van der Waals surface area contributed by atoms with Crippen LogP contribution in [0.5, 0.6) is 5.75 Å². The maximum atomic E-state index is 10.6. The number of nitro groups is 1. The van der Waals surface area contributed by atoms with Crippen molar-refractivity contribution in [1.82, 2.24) is 0 Å². The predicted molar refractivity (Wildman–Crippen MR) is 55.2 cm³/mol. The monoisotopic (exact) mass is 209 g/mol. The lowest BCUT2D eigenvalue weighted by Gasteiger charge is -2.07. The van der Waals surface area contributed by atoms with Crippen molar-refractivity contribution in [3.8, 4) is 5.75 Å². The first-order chi connectivity index (χ1) is 7.02. The van der Waals surface area contributed by atoms with E-state index in [-0.39, 0.29) is 18.1 Å². The smallest absolute Gasteiger partial charge is 0.276 e. The van der Waals surface area contributed by atoms with Gasteiger partial charge in [-0.3, -0.25) is 15.5 Å². The number of rotatable bonds is 4. The van der Waals surface area contributed by atoms with Gasteiger partial charge in [0.2, 0.25) is 0 Å². The molecule has 6 heteroatoms. The van der Waals surface area contributed by atoms with Gasteiger partial charge in [-0.05, 0) is 13.0 Å². The molecule has 0 unspecified atom stereocenters. The van der Waals surface area contributed by atoms with Crippen molar-refractivity contribution < 1.29 is 9.66 Å². The molecule has 1 aromatic rings. The third kappa shape index (κ3) is 2.67. The Balaban J connectivity index is 2.94. The van der Waals surface area contributed by atoms with Gasteiger partial charge in [-0.25, -0.2) is 0 Å². The maximum Gasteiger partial charge on any atom is 0.276 e. The number of nitro benzene ring substituents is 1. The number of nitrogens with two attached hydrogens (primary N) is 1. The van der Waals surface area contributed by atoms with E-state index in [0.717, 1.165) is 0 Å². The molecule has 0 amide bonds. The van der Waals surface area contributed by atoms with Gasteiger partial charge in [0.25, 0.3) is 5.69 Å². The molecule has 0 aliphatic carbocycles. The lowest BCUT2D eigenvalue weighted by Crippen LogP contribution is -2.19. The molecule has 0 aliphatic heterocycles. The SMILES string of the molecule is Cc1c(OCC(=N)N)cccc1[N+](=O)[O-]. The van der Waals surface area contributed by atoms with E-state index in [4.69, 9.17) is 15.9 Å². The Bertz CT molecular complexity index is 404. The Morgan fingerprint density at radius 1 is 1.67 bits per heavy atom. The summed E-state index contributed by atoms with van der Waals surface area (Å²) in [7, 11) is 0. The molecule has 0 spiro atoms. The van der Waals surface area contributed by atoms with Crippen LogP contribution in [0.4, 0.5) is 5.69 Å². The molecule has 0 aromatic heterocycles. The summed E-state index contributed by atoms with van der Waals surface area (Å²) >= 11 is 0. The van der Waals surface area contributed by atoms with E-state index in [1.54, 1.807) is 13.0 Å². The number of amidine groups is 1. The van der Waals surface area contributed by atoms with Gasteiger partial charge >= 0.3 is 0 Å². The van der Waals surface area contributed by atoms with E-state index < -0.39 is 4.92 Å². The van der Waals surface area contributed by atoms with Crippen LogP contribution in [0.3, 0.4) is 0 Å². The maximum absolute atomic E-state index is 10.6. The lowest BCUT2D eigenvalue weighted by molar-refractivity contribution is -0.385. The minimum absolute atomic E-state index is 0.00366. The largest absolute Gasteiger partial charge is 0.485 e. The molecule has 6 nitrogen and oxygen atoms in total. The molecule has 0 aliphatic rings. The van der Waals surface area contributed by atoms with Crippen LogP contribution in [0.1, 0.15) is 5.56 Å². The molecular weight excluding hydrogens is 198 g/mol. The summed E-state index contributed by atoms with van der Waals surface area (Å²) < 4.78 is 5.14. The van der Waals surface area contributed by atoms with Crippen molar-refractivity contribution in [2.24, 2.45) is 5.73 Å². The van der Waals surface area contributed by atoms with Gasteiger partial charge in [-0.2, -0.15) is 0 Å². The van der Waals surface area contributed by atoms with Gasteiger partial charge in [0.1, 0.15) is 18.2 Å². The third-order valence-electron chi connectivity index (χ3n) is 1.84. The van der Waals surface area contributed by atoms with Crippen molar-refractivity contribution >= 4 is 11.5 Å². The fourth-order valence-electron chi connectivity index (χ4n) is 1.11. The van der Waals surface area contributed by atoms with Crippen LogP contribution < -0.4 is 10.5 Å². The molecule has 0 radical (unpaired) electrons. The third-order valence-corrected chi connectivity index (χ3v) is 1.84. The van der Waals surface area contributed by atoms with Crippen LogP contribution in [-0.4, -0.2) is 17.4 Å². The van der Waals surface area contributed by atoms with Crippen LogP contribution in [0.25, 0.3) is 0 Å². The summed E-state index contributed by atoms with van der Waals surface area (Å²) in [5, 5.41) is 17.6. The topological polar surface area (TPSA) is 102 Å². The average molecular weight is 209 g/mol. The van der Waals surface area contributed by atoms with Crippen LogP contribution >= 0.6 is 0 Å². The van der Waals surface area contributed by atoms with E-state index in [9.17, 15) is 10.1 Å². The van der Waals surface area contributed by atoms with E-state index in [1.807, 2.05) is 0 Å². The molecular formula is C9H11N3O3. The zero-order valence-electron chi connectivity index (χ0n) is 8.19. The lowest BCUT2D eigenvalue weighted by atomic mass is 10.2. The summed E-state index contributed by atoms with van der Waals surface area (Å²) in [6, 6.07) is 4.53. The molecule has 0 saturated carbocycles. The molecule has 15 heavy (non-hydrogen) atoms. The first kappa shape index (κ1) is 11.0. The second kappa shape index (κ2) is 4.41. The van der Waals surface area contributed by atoms with Crippen LogP contribution in [0, 0.1) is 22.4 Å². The van der Waals surface area contributed by atoms with E-state index >= 15 is 0 Å². The van der Waals surface area contributed by atoms with Gasteiger partial charge in [-0.15, -0.1) is 0 Å². The fraction of sp³-hybridized carbons (Fsp3) is 0.222. The first-order valence-electron chi connectivity index (χ1n) is 4.22. The molecule has 80 valence electrons. The molecule has 0 fully saturated rings. The van der Waals surface area contributed by atoms with Crippen LogP contribution in [-0.2, 0) is 0 Å². The first-order valence-corrected chi connectivity index (χ1v) is 4.22. The van der Waals surface area contributed by atoms with E-state index in [0.29, 0.717) is 11.3 Å². The van der Waals surface area contributed by atoms with Crippen molar-refractivity contribution in [1.29, 1.82) is 5.41 Å². The van der Waals surface area contributed by atoms with E-state index in [2.05, 4.69) is 0 Å². The molecule has 0 bridgehead atoms. The second-order valence-corrected chi connectivity index (χ2v) is 2.97. The van der Waals surface area contributed by atoms with Crippen LogP contribution in [0.2, 0.25) is 0 Å².